The molecule has 0 spiro atoms. The lowest BCUT2D eigenvalue weighted by Crippen LogP contribution is -2.34. The Kier molecular flexibility index (Phi) is 5.04. The van der Waals surface area contributed by atoms with Crippen LogP contribution in [0.2, 0.25) is 0 Å². The summed E-state index contributed by atoms with van der Waals surface area (Å²) in [6.07, 6.45) is 1.33. The van der Waals surface area contributed by atoms with Gasteiger partial charge in [-0.25, -0.2) is 4.79 Å². The van der Waals surface area contributed by atoms with E-state index in [2.05, 4.69) is 20.8 Å². The summed E-state index contributed by atoms with van der Waals surface area (Å²) in [5, 5.41) is 12.8. The fourth-order valence-corrected chi connectivity index (χ4v) is 1.87. The number of alkyl carbamates (subject to hydrolysis) is 1. The Hall–Kier alpha value is -2.50. The van der Waals surface area contributed by atoms with Crippen molar-refractivity contribution in [1.82, 2.24) is 15.5 Å². The number of aromatic amines is 1. The molecular formula is C16H22N4O2. The number of anilines is 1. The van der Waals surface area contributed by atoms with Crippen LogP contribution >= 0.6 is 0 Å². The highest BCUT2D eigenvalue weighted by Gasteiger charge is 2.15. The molecule has 0 aliphatic rings. The van der Waals surface area contributed by atoms with E-state index >= 15 is 0 Å². The van der Waals surface area contributed by atoms with Crippen LogP contribution in [0.25, 0.3) is 11.3 Å². The minimum atomic E-state index is -0.472. The molecule has 3 N–H and O–H groups in total. The van der Waals surface area contributed by atoms with Gasteiger partial charge < -0.3 is 15.4 Å². The van der Waals surface area contributed by atoms with Crippen molar-refractivity contribution in [3.63, 3.8) is 0 Å². The van der Waals surface area contributed by atoms with Crippen molar-refractivity contribution >= 4 is 11.8 Å². The SMILES string of the molecule is CC(C)(C)OC(=O)NCCNc1ccc(-c2ccn[nH]2)cc1. The molecule has 0 unspecified atom stereocenters. The van der Waals surface area contributed by atoms with Gasteiger partial charge in [0, 0.05) is 25.0 Å². The number of ether oxygens (including phenoxy) is 1. The van der Waals surface area contributed by atoms with E-state index in [1.165, 1.54) is 0 Å². The first-order chi connectivity index (χ1) is 10.4. The van der Waals surface area contributed by atoms with E-state index in [0.29, 0.717) is 13.1 Å². The van der Waals surface area contributed by atoms with Crippen LogP contribution in [0.4, 0.5) is 10.5 Å². The van der Waals surface area contributed by atoms with Crippen molar-refractivity contribution in [2.75, 3.05) is 18.4 Å². The molecule has 22 heavy (non-hydrogen) atoms. The van der Waals surface area contributed by atoms with Gasteiger partial charge in [0.1, 0.15) is 5.60 Å². The summed E-state index contributed by atoms with van der Waals surface area (Å²) in [4.78, 5) is 11.5. The summed E-state index contributed by atoms with van der Waals surface area (Å²) in [5.41, 5.74) is 2.59. The third kappa shape index (κ3) is 5.12. The molecule has 0 atom stereocenters. The average Bonchev–Trinajstić information content (AvgIpc) is 2.96. The quantitative estimate of drug-likeness (QED) is 0.742. The van der Waals surface area contributed by atoms with E-state index in [1.54, 1.807) is 6.20 Å². The number of nitrogens with zero attached hydrogens (tertiary/aromatic N) is 1. The molecule has 0 aliphatic heterocycles. The number of aromatic nitrogens is 2. The summed E-state index contributed by atoms with van der Waals surface area (Å²) in [6.45, 7) is 6.64. The minimum Gasteiger partial charge on any atom is -0.444 e. The first-order valence-corrected chi connectivity index (χ1v) is 7.24. The fraction of sp³-hybridized carbons (Fsp3) is 0.375. The zero-order valence-electron chi connectivity index (χ0n) is 13.1. The van der Waals surface area contributed by atoms with Crippen LogP contribution in [-0.4, -0.2) is 35.0 Å². The molecule has 1 heterocycles. The van der Waals surface area contributed by atoms with Gasteiger partial charge in [-0.1, -0.05) is 12.1 Å². The van der Waals surface area contributed by atoms with Crippen LogP contribution in [0.15, 0.2) is 36.5 Å². The predicted octanol–water partition coefficient (Wildman–Crippen LogP) is 3.01. The maximum Gasteiger partial charge on any atom is 0.407 e. The number of hydrogen-bond acceptors (Lipinski definition) is 4. The lowest BCUT2D eigenvalue weighted by Gasteiger charge is -2.19. The van der Waals surface area contributed by atoms with Crippen molar-refractivity contribution in [3.05, 3.63) is 36.5 Å². The summed E-state index contributed by atoms with van der Waals surface area (Å²) < 4.78 is 5.16. The summed E-state index contributed by atoms with van der Waals surface area (Å²) >= 11 is 0. The molecule has 6 nitrogen and oxygen atoms in total. The second-order valence-electron chi connectivity index (χ2n) is 5.90. The van der Waals surface area contributed by atoms with Crippen molar-refractivity contribution in [3.8, 4) is 11.3 Å². The fourth-order valence-electron chi connectivity index (χ4n) is 1.87. The molecule has 0 saturated carbocycles. The highest BCUT2D eigenvalue weighted by atomic mass is 16.6. The number of rotatable bonds is 5. The first-order valence-electron chi connectivity index (χ1n) is 7.24. The molecule has 0 saturated heterocycles. The average molecular weight is 302 g/mol. The Morgan fingerprint density at radius 2 is 1.91 bits per heavy atom. The number of H-pyrrole nitrogens is 1. The van der Waals surface area contributed by atoms with Crippen LogP contribution in [0.5, 0.6) is 0 Å². The van der Waals surface area contributed by atoms with Gasteiger partial charge >= 0.3 is 6.09 Å². The van der Waals surface area contributed by atoms with Crippen LogP contribution in [0, 0.1) is 0 Å². The molecule has 6 heteroatoms. The number of amides is 1. The maximum absolute atomic E-state index is 11.5. The number of hydrogen-bond donors (Lipinski definition) is 3. The lowest BCUT2D eigenvalue weighted by atomic mass is 10.1. The molecule has 1 aromatic carbocycles. The van der Waals surface area contributed by atoms with E-state index < -0.39 is 11.7 Å². The minimum absolute atomic E-state index is 0.399. The van der Waals surface area contributed by atoms with E-state index in [4.69, 9.17) is 4.74 Å². The predicted molar refractivity (Wildman–Crippen MR) is 86.8 cm³/mol. The van der Waals surface area contributed by atoms with Crippen LogP contribution < -0.4 is 10.6 Å². The third-order valence-electron chi connectivity index (χ3n) is 2.82. The Bertz CT molecular complexity index is 586. The number of carbonyl (C=O) groups is 1. The van der Waals surface area contributed by atoms with Crippen LogP contribution in [0.3, 0.4) is 0 Å². The molecule has 0 fully saturated rings. The summed E-state index contributed by atoms with van der Waals surface area (Å²) in [5.74, 6) is 0. The van der Waals surface area contributed by atoms with Gasteiger partial charge in [-0.05, 0) is 44.5 Å². The van der Waals surface area contributed by atoms with Crippen LogP contribution in [-0.2, 0) is 4.74 Å². The maximum atomic E-state index is 11.5. The molecule has 2 rings (SSSR count). The summed E-state index contributed by atoms with van der Waals surface area (Å²) in [7, 11) is 0. The Labute approximate surface area is 130 Å². The molecular weight excluding hydrogens is 280 g/mol. The van der Waals surface area contributed by atoms with Crippen LogP contribution in [0.1, 0.15) is 20.8 Å². The van der Waals surface area contributed by atoms with Crippen molar-refractivity contribution < 1.29 is 9.53 Å². The number of carbonyl (C=O) groups excluding carboxylic acids is 1. The van der Waals surface area contributed by atoms with E-state index in [-0.39, 0.29) is 0 Å². The third-order valence-corrected chi connectivity index (χ3v) is 2.82. The molecule has 0 bridgehead atoms. The topological polar surface area (TPSA) is 79.0 Å². The Morgan fingerprint density at radius 3 is 2.50 bits per heavy atom. The van der Waals surface area contributed by atoms with E-state index in [9.17, 15) is 4.79 Å². The van der Waals surface area contributed by atoms with Crippen molar-refractivity contribution in [2.24, 2.45) is 0 Å². The second-order valence-corrected chi connectivity index (χ2v) is 5.90. The number of nitrogens with one attached hydrogen (secondary N) is 3. The molecule has 1 amide bonds. The molecule has 0 aliphatic carbocycles. The first kappa shape index (κ1) is 15.9. The molecule has 1 aromatic heterocycles. The molecule has 118 valence electrons. The lowest BCUT2D eigenvalue weighted by molar-refractivity contribution is 0.0530. The number of benzene rings is 1. The smallest absolute Gasteiger partial charge is 0.407 e. The monoisotopic (exact) mass is 302 g/mol. The second kappa shape index (κ2) is 6.98. The molecule has 2 aromatic rings. The van der Waals surface area contributed by atoms with Gasteiger partial charge in [0.15, 0.2) is 0 Å². The largest absolute Gasteiger partial charge is 0.444 e. The normalized spacial score (nSPS) is 11.0. The zero-order valence-corrected chi connectivity index (χ0v) is 13.1. The highest BCUT2D eigenvalue weighted by molar-refractivity contribution is 5.67. The van der Waals surface area contributed by atoms with Crippen molar-refractivity contribution in [1.29, 1.82) is 0 Å². The standard InChI is InChI=1S/C16H22N4O2/c1-16(2,3)22-15(21)18-11-10-17-13-6-4-12(5-7-13)14-8-9-19-20-14/h4-9,17H,10-11H2,1-3H3,(H,18,21)(H,19,20). The van der Waals surface area contributed by atoms with Gasteiger partial charge in [-0.15, -0.1) is 0 Å². The van der Waals surface area contributed by atoms with Crippen molar-refractivity contribution in [2.45, 2.75) is 26.4 Å². The van der Waals surface area contributed by atoms with Gasteiger partial charge in [0.25, 0.3) is 0 Å². The van der Waals surface area contributed by atoms with E-state index in [0.717, 1.165) is 16.9 Å². The zero-order chi connectivity index (χ0) is 16.0. The van der Waals surface area contributed by atoms with Gasteiger partial charge in [0.05, 0.1) is 5.69 Å². The summed E-state index contributed by atoms with van der Waals surface area (Å²) in [6, 6.07) is 9.93. The van der Waals surface area contributed by atoms with Gasteiger partial charge in [0.2, 0.25) is 0 Å². The highest BCUT2D eigenvalue weighted by Crippen LogP contribution is 2.18. The Balaban J connectivity index is 1.72. The Morgan fingerprint density at radius 1 is 1.18 bits per heavy atom. The van der Waals surface area contributed by atoms with Gasteiger partial charge in [-0.3, -0.25) is 5.10 Å². The molecule has 0 radical (unpaired) electrons. The van der Waals surface area contributed by atoms with E-state index in [1.807, 2.05) is 51.1 Å². The van der Waals surface area contributed by atoms with Gasteiger partial charge in [-0.2, -0.15) is 5.10 Å².